The van der Waals surface area contributed by atoms with Gasteiger partial charge in [0.05, 0.1) is 10.6 Å². The van der Waals surface area contributed by atoms with E-state index in [1.165, 1.54) is 0 Å². The van der Waals surface area contributed by atoms with Crippen LogP contribution in [-0.4, -0.2) is 23.4 Å². The molecular formula is C13H15BrClNO. The molecular weight excluding hydrogens is 302 g/mol. The smallest absolute Gasteiger partial charge is 0.255 e. The van der Waals surface area contributed by atoms with Gasteiger partial charge in [0.25, 0.3) is 5.91 Å². The second-order valence-corrected chi connectivity index (χ2v) is 5.65. The Morgan fingerprint density at radius 2 is 2.35 bits per heavy atom. The maximum atomic E-state index is 12.4. The van der Waals surface area contributed by atoms with Crippen LogP contribution in [0, 0.1) is 0 Å². The van der Waals surface area contributed by atoms with Crippen LogP contribution in [0.25, 0.3) is 0 Å². The molecule has 1 atom stereocenters. The number of carbonyl (C=O) groups is 1. The molecule has 17 heavy (non-hydrogen) atoms. The van der Waals surface area contributed by atoms with E-state index in [2.05, 4.69) is 22.9 Å². The predicted molar refractivity (Wildman–Crippen MR) is 73.5 cm³/mol. The predicted octanol–water partition coefficient (Wildman–Crippen LogP) is 4.12. The molecule has 1 aliphatic heterocycles. The average Bonchev–Trinajstić information content (AvgIpc) is 2.79. The number of amides is 1. The van der Waals surface area contributed by atoms with Crippen molar-refractivity contribution in [1.29, 1.82) is 0 Å². The van der Waals surface area contributed by atoms with Crippen LogP contribution in [0.1, 0.15) is 36.5 Å². The zero-order chi connectivity index (χ0) is 12.4. The Morgan fingerprint density at radius 3 is 3.06 bits per heavy atom. The monoisotopic (exact) mass is 315 g/mol. The molecule has 0 spiro atoms. The third-order valence-electron chi connectivity index (χ3n) is 3.27. The number of hydrogen-bond acceptors (Lipinski definition) is 1. The number of rotatable bonds is 2. The van der Waals surface area contributed by atoms with Gasteiger partial charge in [0, 0.05) is 17.1 Å². The van der Waals surface area contributed by atoms with Crippen molar-refractivity contribution in [2.45, 2.75) is 32.2 Å². The summed E-state index contributed by atoms with van der Waals surface area (Å²) in [6.07, 6.45) is 3.21. The van der Waals surface area contributed by atoms with Gasteiger partial charge in [0.2, 0.25) is 0 Å². The van der Waals surface area contributed by atoms with Gasteiger partial charge in [0.1, 0.15) is 0 Å². The van der Waals surface area contributed by atoms with Crippen LogP contribution < -0.4 is 0 Å². The van der Waals surface area contributed by atoms with E-state index in [1.54, 1.807) is 12.1 Å². The first kappa shape index (κ1) is 12.9. The van der Waals surface area contributed by atoms with Gasteiger partial charge in [-0.25, -0.2) is 0 Å². The van der Waals surface area contributed by atoms with E-state index in [0.29, 0.717) is 16.6 Å². The Balaban J connectivity index is 2.27. The number of halogens is 2. The van der Waals surface area contributed by atoms with Gasteiger partial charge in [0.15, 0.2) is 0 Å². The van der Waals surface area contributed by atoms with Crippen molar-refractivity contribution >= 4 is 33.4 Å². The molecule has 0 bridgehead atoms. The van der Waals surface area contributed by atoms with Crippen molar-refractivity contribution in [2.75, 3.05) is 6.54 Å². The molecule has 0 saturated carbocycles. The Hall–Kier alpha value is -0.540. The third kappa shape index (κ3) is 2.66. The Morgan fingerprint density at radius 1 is 1.59 bits per heavy atom. The molecule has 0 N–H and O–H groups in total. The van der Waals surface area contributed by atoms with E-state index in [9.17, 15) is 4.79 Å². The molecule has 1 aromatic carbocycles. The first-order valence-electron chi connectivity index (χ1n) is 5.89. The minimum Gasteiger partial charge on any atom is -0.336 e. The van der Waals surface area contributed by atoms with Crippen molar-refractivity contribution in [3.8, 4) is 0 Å². The topological polar surface area (TPSA) is 20.3 Å². The summed E-state index contributed by atoms with van der Waals surface area (Å²) in [6, 6.07) is 5.78. The van der Waals surface area contributed by atoms with Crippen molar-refractivity contribution in [3.63, 3.8) is 0 Å². The molecule has 0 radical (unpaired) electrons. The highest BCUT2D eigenvalue weighted by molar-refractivity contribution is 9.10. The normalized spacial score (nSPS) is 19.7. The second kappa shape index (κ2) is 5.40. The van der Waals surface area contributed by atoms with Crippen LogP contribution in [0.4, 0.5) is 0 Å². The van der Waals surface area contributed by atoms with Gasteiger partial charge in [-0.3, -0.25) is 4.79 Å². The Labute approximate surface area is 115 Å². The molecule has 1 unspecified atom stereocenters. The van der Waals surface area contributed by atoms with Gasteiger partial charge in [-0.1, -0.05) is 34.5 Å². The van der Waals surface area contributed by atoms with Gasteiger partial charge in [-0.2, -0.15) is 0 Å². The van der Waals surface area contributed by atoms with Crippen LogP contribution in [0.2, 0.25) is 5.02 Å². The summed E-state index contributed by atoms with van der Waals surface area (Å²) in [5.41, 5.74) is 0.599. The maximum absolute atomic E-state index is 12.4. The quantitative estimate of drug-likeness (QED) is 0.804. The molecule has 1 aliphatic rings. The highest BCUT2D eigenvalue weighted by Crippen LogP contribution is 2.27. The summed E-state index contributed by atoms with van der Waals surface area (Å²) in [5, 5.41) is 0.528. The molecule has 1 amide bonds. The van der Waals surface area contributed by atoms with Crippen LogP contribution in [0.3, 0.4) is 0 Å². The average molecular weight is 317 g/mol. The van der Waals surface area contributed by atoms with Crippen molar-refractivity contribution in [1.82, 2.24) is 4.90 Å². The lowest BCUT2D eigenvalue weighted by molar-refractivity contribution is 0.0734. The Bertz CT molecular complexity index is 435. The summed E-state index contributed by atoms with van der Waals surface area (Å²) in [7, 11) is 0. The lowest BCUT2D eigenvalue weighted by atomic mass is 10.1. The first-order chi connectivity index (χ1) is 8.13. The summed E-state index contributed by atoms with van der Waals surface area (Å²) in [6.45, 7) is 2.97. The van der Waals surface area contributed by atoms with Gasteiger partial charge in [-0.05, 0) is 37.5 Å². The number of likely N-dealkylation sites (tertiary alicyclic amines) is 1. The number of benzene rings is 1. The van der Waals surface area contributed by atoms with E-state index >= 15 is 0 Å². The van der Waals surface area contributed by atoms with E-state index in [-0.39, 0.29) is 5.91 Å². The minimum atomic E-state index is 0.0562. The third-order valence-corrected chi connectivity index (χ3v) is 4.09. The number of nitrogens with zero attached hydrogens (tertiary/aromatic N) is 1. The van der Waals surface area contributed by atoms with Crippen molar-refractivity contribution in [3.05, 3.63) is 33.3 Å². The van der Waals surface area contributed by atoms with E-state index in [1.807, 2.05) is 11.0 Å². The summed E-state index contributed by atoms with van der Waals surface area (Å²) in [5.74, 6) is 0.0562. The lowest BCUT2D eigenvalue weighted by Gasteiger charge is -2.24. The first-order valence-corrected chi connectivity index (χ1v) is 7.06. The SMILES string of the molecule is CCC1CCCN1C(=O)c1cc(Br)ccc1Cl. The molecule has 4 heteroatoms. The number of carbonyl (C=O) groups excluding carboxylic acids is 1. The molecule has 2 rings (SSSR count). The molecule has 2 nitrogen and oxygen atoms in total. The van der Waals surface area contributed by atoms with Crippen LogP contribution in [0.15, 0.2) is 22.7 Å². The van der Waals surface area contributed by atoms with E-state index < -0.39 is 0 Å². The largest absolute Gasteiger partial charge is 0.336 e. The Kier molecular flexibility index (Phi) is 4.10. The molecule has 0 aliphatic carbocycles. The summed E-state index contributed by atoms with van der Waals surface area (Å²) in [4.78, 5) is 14.4. The standard InChI is InChI=1S/C13H15BrClNO/c1-2-10-4-3-7-16(10)13(17)11-8-9(14)5-6-12(11)15/h5-6,8,10H,2-4,7H2,1H3. The number of hydrogen-bond donors (Lipinski definition) is 0. The van der Waals surface area contributed by atoms with E-state index in [4.69, 9.17) is 11.6 Å². The second-order valence-electron chi connectivity index (χ2n) is 4.33. The van der Waals surface area contributed by atoms with E-state index in [0.717, 1.165) is 30.3 Å². The van der Waals surface area contributed by atoms with Crippen molar-refractivity contribution < 1.29 is 4.79 Å². The van der Waals surface area contributed by atoms with Gasteiger partial charge in [-0.15, -0.1) is 0 Å². The fourth-order valence-corrected chi connectivity index (χ4v) is 2.90. The van der Waals surface area contributed by atoms with Gasteiger partial charge >= 0.3 is 0 Å². The highest BCUT2D eigenvalue weighted by Gasteiger charge is 2.29. The highest BCUT2D eigenvalue weighted by atomic mass is 79.9. The maximum Gasteiger partial charge on any atom is 0.255 e. The summed E-state index contributed by atoms with van der Waals surface area (Å²) >= 11 is 9.47. The molecule has 92 valence electrons. The molecule has 1 fully saturated rings. The van der Waals surface area contributed by atoms with Crippen LogP contribution >= 0.6 is 27.5 Å². The van der Waals surface area contributed by atoms with Crippen LogP contribution in [-0.2, 0) is 0 Å². The minimum absolute atomic E-state index is 0.0562. The molecule has 1 aromatic rings. The fourth-order valence-electron chi connectivity index (χ4n) is 2.34. The fraction of sp³-hybridized carbons (Fsp3) is 0.462. The molecule has 1 heterocycles. The molecule has 1 saturated heterocycles. The van der Waals surface area contributed by atoms with Crippen molar-refractivity contribution in [2.24, 2.45) is 0 Å². The summed E-state index contributed by atoms with van der Waals surface area (Å²) < 4.78 is 0.887. The lowest BCUT2D eigenvalue weighted by Crippen LogP contribution is -2.35. The zero-order valence-electron chi connectivity index (χ0n) is 9.75. The molecule has 0 aromatic heterocycles. The van der Waals surface area contributed by atoms with Gasteiger partial charge < -0.3 is 4.90 Å². The zero-order valence-corrected chi connectivity index (χ0v) is 12.1. The van der Waals surface area contributed by atoms with Crippen LogP contribution in [0.5, 0.6) is 0 Å².